The molecule has 3 amide bonds. The van der Waals surface area contributed by atoms with E-state index in [-0.39, 0.29) is 35.9 Å². The maximum absolute atomic E-state index is 12.1. The lowest BCUT2D eigenvalue weighted by Gasteiger charge is -2.31. The molecule has 0 bridgehead atoms. The van der Waals surface area contributed by atoms with Crippen molar-refractivity contribution in [3.63, 3.8) is 0 Å². The molecule has 0 aromatic rings. The number of rotatable bonds is 18. The first-order valence-electron chi connectivity index (χ1n) is 13.3. The Morgan fingerprint density at radius 2 is 1.35 bits per heavy atom. The zero-order valence-corrected chi connectivity index (χ0v) is 27.2. The number of carbonyl (C=O) groups excluding carboxylic acids is 2. The molecule has 0 radical (unpaired) electrons. The second kappa shape index (κ2) is 17.2. The smallest absolute Gasteiger partial charge is 0.384 e. The lowest BCUT2D eigenvalue weighted by Crippen LogP contribution is -2.40. The van der Waals surface area contributed by atoms with Gasteiger partial charge in [0.25, 0.3) is 5.91 Å². The molecule has 1 rings (SSSR count). The van der Waals surface area contributed by atoms with Gasteiger partial charge in [0.2, 0.25) is 0 Å². The van der Waals surface area contributed by atoms with E-state index in [4.69, 9.17) is 23.7 Å². The third-order valence-electron chi connectivity index (χ3n) is 6.22. The number of halogens is 4. The predicted molar refractivity (Wildman–Crippen MR) is 151 cm³/mol. The van der Waals surface area contributed by atoms with Crippen LogP contribution >= 0.6 is 15.9 Å². The Bertz CT molecular complexity index is 771. The summed E-state index contributed by atoms with van der Waals surface area (Å²) in [5.41, 5.74) is -1.47. The van der Waals surface area contributed by atoms with Gasteiger partial charge in [0.05, 0.1) is 52.8 Å². The van der Waals surface area contributed by atoms with Crippen LogP contribution in [0.1, 0.15) is 54.9 Å². The zero-order chi connectivity index (χ0) is 31.3. The Kier molecular flexibility index (Phi) is 16.8. The molecular formula is C27H50BrF3N2O7. The molecule has 1 aliphatic rings. The number of hydrogen-bond acceptors (Lipinski definition) is 7. The summed E-state index contributed by atoms with van der Waals surface area (Å²) in [6.45, 7) is 15.2. The van der Waals surface area contributed by atoms with Crippen LogP contribution in [0.25, 0.3) is 0 Å². The number of carbonyl (C=O) groups is 2. The number of amides is 3. The molecule has 2 unspecified atom stereocenters. The molecule has 0 aromatic heterocycles. The number of methoxy groups -OCH3 is 2. The molecule has 0 spiro atoms. The van der Waals surface area contributed by atoms with Crippen LogP contribution in [0.4, 0.5) is 18.0 Å². The fourth-order valence-electron chi connectivity index (χ4n) is 3.63. The minimum absolute atomic E-state index is 0.0261. The first kappa shape index (κ1) is 39.0. The van der Waals surface area contributed by atoms with Crippen molar-refractivity contribution in [2.75, 3.05) is 78.9 Å². The van der Waals surface area contributed by atoms with Crippen LogP contribution in [0.5, 0.6) is 0 Å². The van der Waals surface area contributed by atoms with E-state index in [0.29, 0.717) is 46.1 Å². The molecule has 1 aliphatic heterocycles. The first-order chi connectivity index (χ1) is 18.3. The van der Waals surface area contributed by atoms with Crippen molar-refractivity contribution in [1.29, 1.82) is 0 Å². The SMILES string of the molecule is CCC(C)(COCC(F)(F)F)COCC(C)(CBr)COC.COCC(C)(C)COCCN1C(=O)NC(C)(C)C1=O. The number of nitrogens with one attached hydrogen (secondary N) is 1. The summed E-state index contributed by atoms with van der Waals surface area (Å²) < 4.78 is 62.5. The molecule has 1 heterocycles. The van der Waals surface area contributed by atoms with Crippen molar-refractivity contribution < 1.29 is 46.4 Å². The number of nitrogens with zero attached hydrogens (tertiary/aromatic N) is 1. The fourth-order valence-corrected chi connectivity index (χ4v) is 3.95. The summed E-state index contributed by atoms with van der Waals surface area (Å²) in [5, 5.41) is 3.36. The van der Waals surface area contributed by atoms with Crippen LogP contribution in [0.2, 0.25) is 0 Å². The monoisotopic (exact) mass is 650 g/mol. The average molecular weight is 652 g/mol. The van der Waals surface area contributed by atoms with Crippen LogP contribution in [0, 0.1) is 16.2 Å². The van der Waals surface area contributed by atoms with Gasteiger partial charge in [-0.3, -0.25) is 9.69 Å². The van der Waals surface area contributed by atoms with E-state index >= 15 is 0 Å². The summed E-state index contributed by atoms with van der Waals surface area (Å²) in [5.74, 6) is -0.211. The molecule has 0 saturated carbocycles. The molecule has 1 N–H and O–H groups in total. The van der Waals surface area contributed by atoms with Crippen molar-refractivity contribution in [3.05, 3.63) is 0 Å². The standard InChI is InChI=1S/C14H26BrF3O3.C13H24N2O4/c1-5-12(2,9-21-11-14(16,17)18)8-20-10-13(3,6-15)7-19-4;1-12(2,8-18-5)9-19-7-6-15-10(16)13(3,4)14-11(15)17/h5-11H2,1-4H3;6-9H2,1-5H3,(H,14,17). The number of hydrogen-bond donors (Lipinski definition) is 1. The van der Waals surface area contributed by atoms with E-state index in [1.807, 2.05) is 34.6 Å². The summed E-state index contributed by atoms with van der Waals surface area (Å²) in [7, 11) is 3.28. The van der Waals surface area contributed by atoms with Gasteiger partial charge in [-0.15, -0.1) is 0 Å². The van der Waals surface area contributed by atoms with Gasteiger partial charge in [0.1, 0.15) is 12.1 Å². The Balaban J connectivity index is 0.000000763. The quantitative estimate of drug-likeness (QED) is 0.126. The first-order valence-corrected chi connectivity index (χ1v) is 14.4. The highest BCUT2D eigenvalue weighted by molar-refractivity contribution is 9.09. The van der Waals surface area contributed by atoms with Crippen molar-refractivity contribution in [1.82, 2.24) is 10.2 Å². The maximum Gasteiger partial charge on any atom is 0.411 e. The molecular weight excluding hydrogens is 601 g/mol. The summed E-state index contributed by atoms with van der Waals surface area (Å²) >= 11 is 3.42. The van der Waals surface area contributed by atoms with Gasteiger partial charge in [0, 0.05) is 35.8 Å². The van der Waals surface area contributed by atoms with Crippen LogP contribution in [-0.2, 0) is 28.5 Å². The van der Waals surface area contributed by atoms with Gasteiger partial charge in [-0.25, -0.2) is 4.79 Å². The topological polar surface area (TPSA) is 95.6 Å². The van der Waals surface area contributed by atoms with E-state index in [0.717, 1.165) is 5.33 Å². The van der Waals surface area contributed by atoms with Crippen LogP contribution in [0.3, 0.4) is 0 Å². The Hall–Kier alpha value is -0.990. The molecule has 9 nitrogen and oxygen atoms in total. The number of urea groups is 1. The lowest BCUT2D eigenvalue weighted by atomic mass is 9.89. The van der Waals surface area contributed by atoms with Crippen molar-refractivity contribution in [2.45, 2.75) is 66.6 Å². The van der Waals surface area contributed by atoms with E-state index in [2.05, 4.69) is 21.2 Å². The molecule has 238 valence electrons. The molecule has 0 aliphatic carbocycles. The minimum atomic E-state index is -4.29. The highest BCUT2D eigenvalue weighted by atomic mass is 79.9. The maximum atomic E-state index is 12.1. The second-order valence-corrected chi connectivity index (χ2v) is 12.9. The van der Waals surface area contributed by atoms with E-state index < -0.39 is 23.7 Å². The Morgan fingerprint density at radius 3 is 1.77 bits per heavy atom. The van der Waals surface area contributed by atoms with E-state index in [9.17, 15) is 22.8 Å². The van der Waals surface area contributed by atoms with Gasteiger partial charge in [-0.05, 0) is 20.3 Å². The lowest BCUT2D eigenvalue weighted by molar-refractivity contribution is -0.183. The predicted octanol–water partition coefficient (Wildman–Crippen LogP) is 5.05. The highest BCUT2D eigenvalue weighted by Gasteiger charge is 2.43. The summed E-state index contributed by atoms with van der Waals surface area (Å²) in [6.07, 6.45) is -3.61. The van der Waals surface area contributed by atoms with Gasteiger partial charge >= 0.3 is 12.2 Å². The average Bonchev–Trinajstić information content (AvgIpc) is 3.02. The van der Waals surface area contributed by atoms with Crippen molar-refractivity contribution in [3.8, 4) is 0 Å². The molecule has 40 heavy (non-hydrogen) atoms. The van der Waals surface area contributed by atoms with Gasteiger partial charge in [-0.1, -0.05) is 50.5 Å². The van der Waals surface area contributed by atoms with Gasteiger partial charge in [0.15, 0.2) is 0 Å². The van der Waals surface area contributed by atoms with E-state index in [1.54, 1.807) is 28.1 Å². The van der Waals surface area contributed by atoms with Crippen LogP contribution < -0.4 is 5.32 Å². The Labute approximate surface area is 246 Å². The molecule has 2 atom stereocenters. The summed E-state index contributed by atoms with van der Waals surface area (Å²) in [6, 6.07) is -0.352. The number of imide groups is 1. The van der Waals surface area contributed by atoms with Crippen LogP contribution in [0.15, 0.2) is 0 Å². The molecule has 0 aromatic carbocycles. The number of alkyl halides is 4. The van der Waals surface area contributed by atoms with Crippen molar-refractivity contribution in [2.24, 2.45) is 16.2 Å². The summed E-state index contributed by atoms with van der Waals surface area (Å²) in [4.78, 5) is 24.7. The second-order valence-electron chi connectivity index (χ2n) is 12.3. The van der Waals surface area contributed by atoms with Gasteiger partial charge < -0.3 is 29.0 Å². The zero-order valence-electron chi connectivity index (χ0n) is 25.6. The van der Waals surface area contributed by atoms with Gasteiger partial charge in [-0.2, -0.15) is 13.2 Å². The third-order valence-corrected chi connectivity index (χ3v) is 7.57. The molecule has 1 fully saturated rings. The normalized spacial score (nSPS) is 18.6. The number of ether oxygens (including phenoxy) is 5. The molecule has 13 heteroatoms. The van der Waals surface area contributed by atoms with E-state index in [1.165, 1.54) is 4.90 Å². The van der Waals surface area contributed by atoms with Crippen LogP contribution in [-0.4, -0.2) is 108 Å². The Morgan fingerprint density at radius 1 is 0.825 bits per heavy atom. The van der Waals surface area contributed by atoms with Crippen molar-refractivity contribution >= 4 is 27.9 Å². The molecule has 1 saturated heterocycles. The largest absolute Gasteiger partial charge is 0.411 e. The minimum Gasteiger partial charge on any atom is -0.384 e. The fraction of sp³-hybridized carbons (Fsp3) is 0.926. The highest BCUT2D eigenvalue weighted by Crippen LogP contribution is 2.26. The third kappa shape index (κ3) is 15.3.